The van der Waals surface area contributed by atoms with Crippen LogP contribution in [0, 0.1) is 0 Å². The minimum atomic E-state index is -0.374. The highest BCUT2D eigenvalue weighted by Crippen LogP contribution is 2.48. The van der Waals surface area contributed by atoms with Gasteiger partial charge < -0.3 is 14.1 Å². The molecule has 0 bridgehead atoms. The third-order valence-electron chi connectivity index (χ3n) is 5.08. The van der Waals surface area contributed by atoms with Crippen LogP contribution in [0.15, 0.2) is 93.1 Å². The molecule has 1 amide bonds. The molecule has 164 valence electrons. The van der Waals surface area contributed by atoms with Crippen molar-refractivity contribution in [3.63, 3.8) is 0 Å². The van der Waals surface area contributed by atoms with E-state index in [0.29, 0.717) is 18.2 Å². The Morgan fingerprint density at radius 3 is 2.39 bits per heavy atom. The van der Waals surface area contributed by atoms with Crippen LogP contribution in [0.5, 0.6) is 5.75 Å². The van der Waals surface area contributed by atoms with E-state index in [2.05, 4.69) is 44.7 Å². The van der Waals surface area contributed by atoms with Gasteiger partial charge in [-0.05, 0) is 36.4 Å². The van der Waals surface area contributed by atoms with Gasteiger partial charge in [0.25, 0.3) is 5.91 Å². The van der Waals surface area contributed by atoms with E-state index in [0.717, 1.165) is 26.7 Å². The molecule has 3 aromatic carbocycles. The van der Waals surface area contributed by atoms with Crippen LogP contribution >= 0.6 is 11.8 Å². The average Bonchev–Trinajstić information content (AvgIpc) is 3.29. The number of nitrogens with zero attached hydrogens (tertiary/aromatic N) is 3. The monoisotopic (exact) mass is 456 g/mol. The molecule has 1 aliphatic heterocycles. The van der Waals surface area contributed by atoms with Gasteiger partial charge in [-0.15, -0.1) is 5.10 Å². The Kier molecular flexibility index (Phi) is 5.82. The fraction of sp³-hybridized carbons (Fsp3) is 0.0800. The molecule has 33 heavy (non-hydrogen) atoms. The summed E-state index contributed by atoms with van der Waals surface area (Å²) < 4.78 is 11.0. The Bertz CT molecular complexity index is 1290. The number of rotatable bonds is 6. The van der Waals surface area contributed by atoms with Gasteiger partial charge in [0, 0.05) is 21.4 Å². The standard InChI is InChI=1S/C25H20N4O3S/c1-31-20-11-5-2-8-17(20)14-15-23(30)26-25-28-27-24(32-25)16-29-18-9-3-6-12-21(18)33-22-13-7-4-10-19(22)29/h2-15H,16H2,1H3,(H,26,28,30)/b15-14+. The highest BCUT2D eigenvalue weighted by molar-refractivity contribution is 7.99. The third-order valence-corrected chi connectivity index (χ3v) is 6.21. The summed E-state index contributed by atoms with van der Waals surface area (Å²) in [7, 11) is 1.59. The number of fused-ring (bicyclic) bond motifs is 2. The highest BCUT2D eigenvalue weighted by Gasteiger charge is 2.24. The summed E-state index contributed by atoms with van der Waals surface area (Å²) in [5, 5.41) is 10.7. The number of para-hydroxylation sites is 3. The molecule has 0 aliphatic carbocycles. The summed E-state index contributed by atoms with van der Waals surface area (Å²) in [6.45, 7) is 0.383. The lowest BCUT2D eigenvalue weighted by Crippen LogP contribution is -2.20. The molecule has 8 heteroatoms. The normalized spacial score (nSPS) is 12.3. The average molecular weight is 457 g/mol. The maximum Gasteiger partial charge on any atom is 0.322 e. The van der Waals surface area contributed by atoms with Crippen molar-refractivity contribution < 1.29 is 13.9 Å². The quantitative estimate of drug-likeness (QED) is 0.382. The number of benzene rings is 3. The van der Waals surface area contributed by atoms with E-state index in [1.165, 1.54) is 6.08 Å². The summed E-state index contributed by atoms with van der Waals surface area (Å²) in [4.78, 5) is 16.8. The van der Waals surface area contributed by atoms with Crippen LogP contribution in [0.2, 0.25) is 0 Å². The highest BCUT2D eigenvalue weighted by atomic mass is 32.2. The lowest BCUT2D eigenvalue weighted by atomic mass is 10.2. The van der Waals surface area contributed by atoms with Gasteiger partial charge in [0.2, 0.25) is 5.89 Å². The first-order valence-electron chi connectivity index (χ1n) is 10.3. The maximum atomic E-state index is 12.3. The molecule has 1 aliphatic rings. The molecule has 0 saturated heterocycles. The van der Waals surface area contributed by atoms with E-state index in [1.807, 2.05) is 48.5 Å². The molecule has 0 spiro atoms. The van der Waals surface area contributed by atoms with E-state index in [4.69, 9.17) is 9.15 Å². The molecule has 1 aromatic heterocycles. The molecule has 4 aromatic rings. The third kappa shape index (κ3) is 4.47. The van der Waals surface area contributed by atoms with Gasteiger partial charge in [0.15, 0.2) is 0 Å². The molecule has 0 radical (unpaired) electrons. The lowest BCUT2D eigenvalue weighted by Gasteiger charge is -2.31. The van der Waals surface area contributed by atoms with Crippen LogP contribution < -0.4 is 15.0 Å². The molecule has 2 heterocycles. The molecular formula is C25H20N4O3S. The van der Waals surface area contributed by atoms with Crippen molar-refractivity contribution in [2.45, 2.75) is 16.3 Å². The summed E-state index contributed by atoms with van der Waals surface area (Å²) in [6.07, 6.45) is 3.07. The second-order valence-electron chi connectivity index (χ2n) is 7.19. The zero-order valence-electron chi connectivity index (χ0n) is 17.8. The van der Waals surface area contributed by atoms with Crippen molar-refractivity contribution in [2.75, 3.05) is 17.3 Å². The zero-order valence-corrected chi connectivity index (χ0v) is 18.6. The van der Waals surface area contributed by atoms with Crippen LogP contribution in [0.4, 0.5) is 17.4 Å². The number of carbonyl (C=O) groups excluding carboxylic acids is 1. The number of amides is 1. The summed E-state index contributed by atoms with van der Waals surface area (Å²) in [5.41, 5.74) is 2.94. The van der Waals surface area contributed by atoms with Gasteiger partial charge in [0.1, 0.15) is 12.3 Å². The molecule has 5 rings (SSSR count). The van der Waals surface area contributed by atoms with Crippen LogP contribution in [0.1, 0.15) is 11.5 Å². The van der Waals surface area contributed by atoms with Crippen LogP contribution in [0.25, 0.3) is 6.08 Å². The molecule has 7 nitrogen and oxygen atoms in total. The number of aromatic nitrogens is 2. The summed E-state index contributed by atoms with van der Waals surface area (Å²) >= 11 is 1.73. The van der Waals surface area contributed by atoms with Crippen LogP contribution in [-0.4, -0.2) is 23.2 Å². The maximum absolute atomic E-state index is 12.3. The Morgan fingerprint density at radius 1 is 1.00 bits per heavy atom. The number of nitrogens with one attached hydrogen (secondary N) is 1. The second kappa shape index (κ2) is 9.22. The van der Waals surface area contributed by atoms with Crippen molar-refractivity contribution in [2.24, 2.45) is 0 Å². The first-order chi connectivity index (χ1) is 16.2. The second-order valence-corrected chi connectivity index (χ2v) is 8.27. The van der Waals surface area contributed by atoms with Crippen molar-refractivity contribution >= 4 is 41.1 Å². The van der Waals surface area contributed by atoms with Gasteiger partial charge >= 0.3 is 6.01 Å². The Morgan fingerprint density at radius 2 is 1.67 bits per heavy atom. The smallest absolute Gasteiger partial charge is 0.322 e. The van der Waals surface area contributed by atoms with E-state index in [9.17, 15) is 4.79 Å². The van der Waals surface area contributed by atoms with Crippen molar-refractivity contribution in [3.05, 3.63) is 90.3 Å². The SMILES string of the molecule is COc1ccccc1/C=C/C(=O)Nc1nnc(CN2c3ccccc3Sc3ccccc32)o1. The molecule has 0 atom stereocenters. The Labute approximate surface area is 195 Å². The minimum absolute atomic E-state index is 0.0487. The van der Waals surface area contributed by atoms with Gasteiger partial charge in [-0.3, -0.25) is 10.1 Å². The first kappa shape index (κ1) is 20.8. The predicted molar refractivity (Wildman–Crippen MR) is 128 cm³/mol. The van der Waals surface area contributed by atoms with Gasteiger partial charge in [-0.1, -0.05) is 59.3 Å². The largest absolute Gasteiger partial charge is 0.496 e. The Balaban J connectivity index is 1.31. The fourth-order valence-corrected chi connectivity index (χ4v) is 4.67. The number of ether oxygens (including phenoxy) is 1. The molecular weight excluding hydrogens is 436 g/mol. The predicted octanol–water partition coefficient (Wildman–Crippen LogP) is 5.53. The summed E-state index contributed by atoms with van der Waals surface area (Å²) in [6, 6.07) is 23.9. The van der Waals surface area contributed by atoms with Gasteiger partial charge in [-0.2, -0.15) is 0 Å². The van der Waals surface area contributed by atoms with E-state index >= 15 is 0 Å². The van der Waals surface area contributed by atoms with E-state index in [1.54, 1.807) is 24.9 Å². The van der Waals surface area contributed by atoms with Gasteiger partial charge in [0.05, 0.1) is 18.5 Å². The van der Waals surface area contributed by atoms with E-state index in [-0.39, 0.29) is 11.9 Å². The molecule has 0 fully saturated rings. The van der Waals surface area contributed by atoms with Crippen LogP contribution in [0.3, 0.4) is 0 Å². The fourth-order valence-electron chi connectivity index (χ4n) is 3.57. The lowest BCUT2D eigenvalue weighted by molar-refractivity contribution is -0.112. The van der Waals surface area contributed by atoms with Crippen molar-refractivity contribution in [1.29, 1.82) is 0 Å². The molecule has 1 N–H and O–H groups in total. The topological polar surface area (TPSA) is 80.5 Å². The van der Waals surface area contributed by atoms with Crippen LogP contribution in [-0.2, 0) is 11.3 Å². The number of anilines is 3. The van der Waals surface area contributed by atoms with E-state index < -0.39 is 0 Å². The number of hydrogen-bond donors (Lipinski definition) is 1. The summed E-state index contributed by atoms with van der Waals surface area (Å²) in [5.74, 6) is 0.707. The zero-order chi connectivity index (χ0) is 22.6. The van der Waals surface area contributed by atoms with Crippen molar-refractivity contribution in [3.8, 4) is 5.75 Å². The number of methoxy groups -OCH3 is 1. The number of hydrogen-bond acceptors (Lipinski definition) is 7. The number of carbonyl (C=O) groups is 1. The van der Waals surface area contributed by atoms with Gasteiger partial charge in [-0.25, -0.2) is 0 Å². The molecule has 0 unspecified atom stereocenters. The van der Waals surface area contributed by atoms with Crippen molar-refractivity contribution in [1.82, 2.24) is 10.2 Å². The molecule has 0 saturated carbocycles. The Hall–Kier alpha value is -4.04. The minimum Gasteiger partial charge on any atom is -0.496 e. The first-order valence-corrected chi connectivity index (χ1v) is 11.1.